The molecule has 1 aliphatic rings. The van der Waals surface area contributed by atoms with Crippen LogP contribution in [-0.4, -0.2) is 19.0 Å². The standard InChI is InChI=1S/C10H10N2O2/c1-7-2-3-8(12-13)6-9(7)10-11-4-5-14-10/h2-3,6H,4-5H2,1H3. The van der Waals surface area contributed by atoms with Crippen LogP contribution in [-0.2, 0) is 4.74 Å². The number of nitroso groups, excluding NO2 is 1. The second kappa shape index (κ2) is 3.57. The molecule has 0 N–H and O–H groups in total. The molecule has 0 aromatic heterocycles. The SMILES string of the molecule is Cc1ccc(N=O)cc1C1=NCCO1. The lowest BCUT2D eigenvalue weighted by Crippen LogP contribution is -2.03. The maximum atomic E-state index is 10.4. The Morgan fingerprint density at radius 3 is 3.00 bits per heavy atom. The van der Waals surface area contributed by atoms with Crippen LogP contribution in [0.1, 0.15) is 11.1 Å². The molecule has 0 atom stereocenters. The first-order valence-electron chi connectivity index (χ1n) is 4.43. The highest BCUT2D eigenvalue weighted by atomic mass is 16.5. The van der Waals surface area contributed by atoms with E-state index in [1.54, 1.807) is 12.1 Å². The molecule has 0 radical (unpaired) electrons. The van der Waals surface area contributed by atoms with E-state index in [1.807, 2.05) is 13.0 Å². The minimum absolute atomic E-state index is 0.406. The highest BCUT2D eigenvalue weighted by Gasteiger charge is 2.13. The van der Waals surface area contributed by atoms with E-state index in [0.29, 0.717) is 24.7 Å². The predicted octanol–water partition coefficient (Wildman–Crippen LogP) is 2.17. The minimum atomic E-state index is 0.406. The molecule has 2 rings (SSSR count). The molecule has 0 aliphatic carbocycles. The van der Waals surface area contributed by atoms with Gasteiger partial charge in [-0.15, -0.1) is 4.91 Å². The average molecular weight is 190 g/mol. The number of nitrogens with zero attached hydrogens (tertiary/aromatic N) is 2. The van der Waals surface area contributed by atoms with Crippen LogP contribution in [0.4, 0.5) is 5.69 Å². The second-order valence-electron chi connectivity index (χ2n) is 3.13. The smallest absolute Gasteiger partial charge is 0.216 e. The quantitative estimate of drug-likeness (QED) is 0.671. The Morgan fingerprint density at radius 1 is 1.50 bits per heavy atom. The molecule has 1 aromatic rings. The molecular formula is C10H10N2O2. The molecule has 1 heterocycles. The van der Waals surface area contributed by atoms with Crippen molar-refractivity contribution in [2.75, 3.05) is 13.2 Å². The van der Waals surface area contributed by atoms with Crippen molar-refractivity contribution < 1.29 is 4.74 Å². The van der Waals surface area contributed by atoms with E-state index in [0.717, 1.165) is 11.1 Å². The van der Waals surface area contributed by atoms with Gasteiger partial charge in [0.2, 0.25) is 5.90 Å². The molecule has 0 unspecified atom stereocenters. The lowest BCUT2D eigenvalue weighted by Gasteiger charge is -2.05. The summed E-state index contributed by atoms with van der Waals surface area (Å²) in [5.74, 6) is 0.619. The summed E-state index contributed by atoms with van der Waals surface area (Å²) in [6.07, 6.45) is 0. The highest BCUT2D eigenvalue weighted by molar-refractivity contribution is 5.97. The van der Waals surface area contributed by atoms with Crippen LogP contribution in [0, 0.1) is 11.8 Å². The largest absolute Gasteiger partial charge is 0.476 e. The number of aliphatic imine (C=N–C) groups is 1. The Bertz CT molecular complexity index is 399. The highest BCUT2D eigenvalue weighted by Crippen LogP contribution is 2.20. The van der Waals surface area contributed by atoms with Crippen LogP contribution in [0.2, 0.25) is 0 Å². The van der Waals surface area contributed by atoms with Crippen molar-refractivity contribution in [1.29, 1.82) is 0 Å². The zero-order chi connectivity index (χ0) is 9.97. The Hall–Kier alpha value is -1.71. The van der Waals surface area contributed by atoms with Crippen LogP contribution in [0.25, 0.3) is 0 Å². The number of aryl methyl sites for hydroxylation is 1. The zero-order valence-electron chi connectivity index (χ0n) is 7.86. The van der Waals surface area contributed by atoms with Gasteiger partial charge in [-0.25, -0.2) is 4.99 Å². The van der Waals surface area contributed by atoms with Crippen LogP contribution < -0.4 is 0 Å². The summed E-state index contributed by atoms with van der Waals surface area (Å²) >= 11 is 0. The monoisotopic (exact) mass is 190 g/mol. The van der Waals surface area contributed by atoms with Crippen molar-refractivity contribution in [2.45, 2.75) is 6.92 Å². The first kappa shape index (κ1) is 8.87. The topological polar surface area (TPSA) is 51.0 Å². The molecule has 0 amide bonds. The van der Waals surface area contributed by atoms with Crippen LogP contribution >= 0.6 is 0 Å². The minimum Gasteiger partial charge on any atom is -0.476 e. The molecule has 72 valence electrons. The molecule has 0 fully saturated rings. The van der Waals surface area contributed by atoms with Gasteiger partial charge in [0.15, 0.2) is 0 Å². The fourth-order valence-corrected chi connectivity index (χ4v) is 1.40. The van der Waals surface area contributed by atoms with Crippen molar-refractivity contribution in [3.63, 3.8) is 0 Å². The molecule has 4 nitrogen and oxygen atoms in total. The van der Waals surface area contributed by atoms with Crippen molar-refractivity contribution >= 4 is 11.6 Å². The van der Waals surface area contributed by atoms with Gasteiger partial charge < -0.3 is 4.74 Å². The molecular weight excluding hydrogens is 180 g/mol. The summed E-state index contributed by atoms with van der Waals surface area (Å²) < 4.78 is 5.33. The van der Waals surface area contributed by atoms with Crippen molar-refractivity contribution in [3.05, 3.63) is 34.2 Å². The fraction of sp³-hybridized carbons (Fsp3) is 0.300. The molecule has 0 bridgehead atoms. The first-order valence-corrected chi connectivity index (χ1v) is 4.43. The first-order chi connectivity index (χ1) is 6.81. The van der Waals surface area contributed by atoms with Crippen LogP contribution in [0.15, 0.2) is 28.4 Å². The third-order valence-corrected chi connectivity index (χ3v) is 2.14. The Balaban J connectivity index is 2.44. The zero-order valence-corrected chi connectivity index (χ0v) is 7.86. The Morgan fingerprint density at radius 2 is 2.36 bits per heavy atom. The number of hydrogen-bond donors (Lipinski definition) is 0. The van der Waals surface area contributed by atoms with E-state index in [4.69, 9.17) is 4.74 Å². The molecule has 4 heteroatoms. The van der Waals surface area contributed by atoms with E-state index in [9.17, 15) is 4.91 Å². The molecule has 1 aliphatic heterocycles. The summed E-state index contributed by atoms with van der Waals surface area (Å²) in [6.45, 7) is 3.26. The third kappa shape index (κ3) is 1.51. The molecule has 0 saturated heterocycles. The van der Waals surface area contributed by atoms with Crippen molar-refractivity contribution in [2.24, 2.45) is 10.2 Å². The van der Waals surface area contributed by atoms with Gasteiger partial charge in [0.25, 0.3) is 0 Å². The number of ether oxygens (including phenoxy) is 1. The summed E-state index contributed by atoms with van der Waals surface area (Å²) in [6, 6.07) is 5.23. The Kier molecular flexibility index (Phi) is 2.26. The second-order valence-corrected chi connectivity index (χ2v) is 3.13. The van der Waals surface area contributed by atoms with Crippen LogP contribution in [0.3, 0.4) is 0 Å². The summed E-state index contributed by atoms with van der Waals surface area (Å²) in [5.41, 5.74) is 2.31. The number of hydrogen-bond acceptors (Lipinski definition) is 4. The lowest BCUT2D eigenvalue weighted by molar-refractivity contribution is 0.348. The van der Waals surface area contributed by atoms with Gasteiger partial charge in [0.1, 0.15) is 12.3 Å². The van der Waals surface area contributed by atoms with Crippen molar-refractivity contribution in [1.82, 2.24) is 0 Å². The normalized spacial score (nSPS) is 14.8. The van der Waals surface area contributed by atoms with Gasteiger partial charge >= 0.3 is 0 Å². The van der Waals surface area contributed by atoms with Gasteiger partial charge in [-0.1, -0.05) is 6.07 Å². The van der Waals surface area contributed by atoms with E-state index in [1.165, 1.54) is 0 Å². The molecule has 0 spiro atoms. The maximum absolute atomic E-state index is 10.4. The van der Waals surface area contributed by atoms with E-state index in [-0.39, 0.29) is 0 Å². The summed E-state index contributed by atoms with van der Waals surface area (Å²) in [4.78, 5) is 14.5. The fourth-order valence-electron chi connectivity index (χ4n) is 1.40. The Labute approximate surface area is 81.6 Å². The molecule has 0 saturated carbocycles. The lowest BCUT2D eigenvalue weighted by atomic mass is 10.1. The number of benzene rings is 1. The van der Waals surface area contributed by atoms with Gasteiger partial charge in [0.05, 0.1) is 6.54 Å². The summed E-state index contributed by atoms with van der Waals surface area (Å²) in [5, 5.41) is 2.88. The van der Waals surface area contributed by atoms with Crippen molar-refractivity contribution in [3.8, 4) is 0 Å². The van der Waals surface area contributed by atoms with Gasteiger partial charge in [-0.2, -0.15) is 0 Å². The average Bonchev–Trinajstić information content (AvgIpc) is 2.71. The maximum Gasteiger partial charge on any atom is 0.216 e. The third-order valence-electron chi connectivity index (χ3n) is 2.14. The van der Waals surface area contributed by atoms with Gasteiger partial charge in [-0.05, 0) is 29.8 Å². The van der Waals surface area contributed by atoms with E-state index >= 15 is 0 Å². The van der Waals surface area contributed by atoms with Gasteiger partial charge in [-0.3, -0.25) is 0 Å². The van der Waals surface area contributed by atoms with Crippen LogP contribution in [0.5, 0.6) is 0 Å². The molecule has 14 heavy (non-hydrogen) atoms. The summed E-state index contributed by atoms with van der Waals surface area (Å²) in [7, 11) is 0. The van der Waals surface area contributed by atoms with Gasteiger partial charge in [0, 0.05) is 5.56 Å². The van der Waals surface area contributed by atoms with E-state index < -0.39 is 0 Å². The molecule has 1 aromatic carbocycles. The predicted molar refractivity (Wildman–Crippen MR) is 54.0 cm³/mol. The number of rotatable bonds is 2. The van der Waals surface area contributed by atoms with E-state index in [2.05, 4.69) is 10.2 Å².